The van der Waals surface area contributed by atoms with E-state index in [1.54, 1.807) is 0 Å². The van der Waals surface area contributed by atoms with Gasteiger partial charge < -0.3 is 11.1 Å². The Morgan fingerprint density at radius 1 is 1.19 bits per heavy atom. The van der Waals surface area contributed by atoms with Gasteiger partial charge in [0.2, 0.25) is 0 Å². The molecule has 3 N–H and O–H groups in total. The number of nitrogen functional groups attached to an aromatic ring is 1. The molecule has 3 nitrogen and oxygen atoms in total. The fourth-order valence-corrected chi connectivity index (χ4v) is 2.69. The van der Waals surface area contributed by atoms with E-state index in [4.69, 9.17) is 5.73 Å². The van der Waals surface area contributed by atoms with Gasteiger partial charge in [0.05, 0.1) is 11.1 Å². The number of hydrogen-bond donors (Lipinski definition) is 2. The van der Waals surface area contributed by atoms with Gasteiger partial charge in [-0.2, -0.15) is 13.2 Å². The molecule has 1 amide bonds. The Kier molecular flexibility index (Phi) is 3.34. The van der Waals surface area contributed by atoms with Crippen LogP contribution in [0, 0.1) is 11.8 Å². The Hall–Kier alpha value is -1.72. The van der Waals surface area contributed by atoms with E-state index in [2.05, 4.69) is 5.32 Å². The summed E-state index contributed by atoms with van der Waals surface area (Å²) in [6, 6.07) is 2.96. The third-order valence-electron chi connectivity index (χ3n) is 4.18. The molecule has 0 atom stereocenters. The van der Waals surface area contributed by atoms with Crippen LogP contribution in [-0.2, 0) is 6.18 Å². The van der Waals surface area contributed by atoms with Crippen LogP contribution in [0.25, 0.3) is 0 Å². The predicted octanol–water partition coefficient (Wildman–Crippen LogP) is 3.21. The predicted molar refractivity (Wildman–Crippen MR) is 72.6 cm³/mol. The van der Waals surface area contributed by atoms with Crippen molar-refractivity contribution in [1.29, 1.82) is 0 Å². The second kappa shape index (κ2) is 4.93. The molecule has 1 aromatic rings. The molecule has 3 rings (SSSR count). The minimum atomic E-state index is -4.48. The third-order valence-corrected chi connectivity index (χ3v) is 4.18. The molecule has 0 saturated heterocycles. The van der Waals surface area contributed by atoms with Crippen LogP contribution in [0.2, 0.25) is 0 Å². The van der Waals surface area contributed by atoms with Crippen LogP contribution in [0.5, 0.6) is 0 Å². The van der Waals surface area contributed by atoms with Crippen LogP contribution >= 0.6 is 0 Å². The summed E-state index contributed by atoms with van der Waals surface area (Å²) in [5, 5.41) is 2.89. The molecule has 1 aromatic carbocycles. The van der Waals surface area contributed by atoms with Gasteiger partial charge in [-0.15, -0.1) is 0 Å². The highest BCUT2D eigenvalue weighted by atomic mass is 19.4. The minimum absolute atomic E-state index is 0.0749. The summed E-state index contributed by atoms with van der Waals surface area (Å²) in [4.78, 5) is 12.3. The first-order chi connectivity index (χ1) is 9.86. The average Bonchev–Trinajstić information content (AvgIpc) is 3.27. The molecule has 0 aromatic heterocycles. The normalized spacial score (nSPS) is 18.9. The van der Waals surface area contributed by atoms with Gasteiger partial charge in [0.1, 0.15) is 0 Å². The van der Waals surface area contributed by atoms with Crippen molar-refractivity contribution in [3.8, 4) is 0 Å². The van der Waals surface area contributed by atoms with Crippen molar-refractivity contribution in [3.05, 3.63) is 29.3 Å². The monoisotopic (exact) mass is 298 g/mol. The molecule has 2 aliphatic carbocycles. The van der Waals surface area contributed by atoms with E-state index < -0.39 is 17.6 Å². The molecule has 114 valence electrons. The van der Waals surface area contributed by atoms with Gasteiger partial charge in [0, 0.05) is 11.7 Å². The molecular formula is C15H17F3N2O. The van der Waals surface area contributed by atoms with Crippen molar-refractivity contribution >= 4 is 11.6 Å². The number of benzene rings is 1. The van der Waals surface area contributed by atoms with Gasteiger partial charge in [-0.05, 0) is 55.7 Å². The Bertz CT molecular complexity index is 551. The van der Waals surface area contributed by atoms with Crippen molar-refractivity contribution in [2.24, 2.45) is 11.8 Å². The van der Waals surface area contributed by atoms with Gasteiger partial charge in [-0.1, -0.05) is 0 Å². The molecule has 6 heteroatoms. The summed E-state index contributed by atoms with van der Waals surface area (Å²) < 4.78 is 38.2. The number of nitrogens with one attached hydrogen (secondary N) is 1. The molecule has 0 unspecified atom stereocenters. The number of halogens is 3. The largest absolute Gasteiger partial charge is 0.416 e. The Labute approximate surface area is 120 Å². The van der Waals surface area contributed by atoms with Gasteiger partial charge >= 0.3 is 6.18 Å². The average molecular weight is 298 g/mol. The molecule has 0 spiro atoms. The first-order valence-corrected chi connectivity index (χ1v) is 7.14. The lowest BCUT2D eigenvalue weighted by Crippen LogP contribution is -2.38. The number of rotatable bonds is 4. The number of carbonyl (C=O) groups is 1. The van der Waals surface area contributed by atoms with Crippen LogP contribution in [0.15, 0.2) is 18.2 Å². The Balaban J connectivity index is 1.80. The van der Waals surface area contributed by atoms with Gasteiger partial charge in [0.15, 0.2) is 0 Å². The van der Waals surface area contributed by atoms with Gasteiger partial charge in [0.25, 0.3) is 5.91 Å². The number of nitrogens with two attached hydrogens (primary N) is 1. The first kappa shape index (κ1) is 14.2. The molecular weight excluding hydrogens is 281 g/mol. The molecule has 0 radical (unpaired) electrons. The molecule has 0 bridgehead atoms. The quantitative estimate of drug-likeness (QED) is 0.839. The highest BCUT2D eigenvalue weighted by molar-refractivity contribution is 5.99. The van der Waals surface area contributed by atoms with Crippen molar-refractivity contribution in [3.63, 3.8) is 0 Å². The highest BCUT2D eigenvalue weighted by Gasteiger charge is 2.42. The first-order valence-electron chi connectivity index (χ1n) is 7.14. The summed E-state index contributed by atoms with van der Waals surface area (Å²) in [7, 11) is 0. The lowest BCUT2D eigenvalue weighted by molar-refractivity contribution is -0.137. The van der Waals surface area contributed by atoms with Crippen LogP contribution in [-0.4, -0.2) is 11.9 Å². The van der Waals surface area contributed by atoms with Crippen molar-refractivity contribution in [2.45, 2.75) is 37.9 Å². The van der Waals surface area contributed by atoms with E-state index in [0.717, 1.165) is 43.9 Å². The fourth-order valence-electron chi connectivity index (χ4n) is 2.69. The Morgan fingerprint density at radius 3 is 2.24 bits per heavy atom. The van der Waals surface area contributed by atoms with Crippen LogP contribution in [0.3, 0.4) is 0 Å². The second-order valence-electron chi connectivity index (χ2n) is 5.97. The lowest BCUT2D eigenvalue weighted by Gasteiger charge is -2.19. The van der Waals surface area contributed by atoms with E-state index in [-0.39, 0.29) is 17.3 Å². The van der Waals surface area contributed by atoms with Crippen molar-refractivity contribution < 1.29 is 18.0 Å². The van der Waals surface area contributed by atoms with Crippen molar-refractivity contribution in [2.75, 3.05) is 5.73 Å². The SMILES string of the molecule is Nc1ccc(C(F)(F)F)cc1C(=O)NC(C1CC1)C1CC1. The molecule has 0 aliphatic heterocycles. The summed E-state index contributed by atoms with van der Waals surface area (Å²) in [5.41, 5.74) is 4.80. The minimum Gasteiger partial charge on any atom is -0.398 e. The van der Waals surface area contributed by atoms with E-state index in [1.807, 2.05) is 0 Å². The van der Waals surface area contributed by atoms with Crippen LogP contribution < -0.4 is 11.1 Å². The molecule has 2 saturated carbocycles. The van der Waals surface area contributed by atoms with Gasteiger partial charge in [-0.3, -0.25) is 4.79 Å². The Morgan fingerprint density at radius 2 is 1.76 bits per heavy atom. The third kappa shape index (κ3) is 3.14. The standard InChI is InChI=1S/C15H17F3N2O/c16-15(17,18)10-5-6-12(19)11(7-10)14(21)20-13(8-1-2-8)9-3-4-9/h5-9,13H,1-4,19H2,(H,20,21). The maximum Gasteiger partial charge on any atom is 0.416 e. The van der Waals surface area contributed by atoms with Crippen LogP contribution in [0.4, 0.5) is 18.9 Å². The molecule has 21 heavy (non-hydrogen) atoms. The van der Waals surface area contributed by atoms with Crippen LogP contribution in [0.1, 0.15) is 41.6 Å². The lowest BCUT2D eigenvalue weighted by atomic mass is 10.0. The second-order valence-corrected chi connectivity index (χ2v) is 5.97. The molecule has 0 heterocycles. The zero-order valence-corrected chi connectivity index (χ0v) is 11.4. The highest BCUT2D eigenvalue weighted by Crippen LogP contribution is 2.44. The number of hydrogen-bond acceptors (Lipinski definition) is 2. The number of alkyl halides is 3. The van der Waals surface area contributed by atoms with E-state index in [1.165, 1.54) is 0 Å². The summed E-state index contributed by atoms with van der Waals surface area (Å²) in [6.07, 6.45) is -0.146. The summed E-state index contributed by atoms with van der Waals surface area (Å²) >= 11 is 0. The van der Waals surface area contributed by atoms with Gasteiger partial charge in [-0.25, -0.2) is 0 Å². The van der Waals surface area contributed by atoms with E-state index in [9.17, 15) is 18.0 Å². The smallest absolute Gasteiger partial charge is 0.398 e. The molecule has 2 fully saturated rings. The molecule has 2 aliphatic rings. The zero-order valence-electron chi connectivity index (χ0n) is 11.4. The summed E-state index contributed by atoms with van der Waals surface area (Å²) in [6.45, 7) is 0. The van der Waals surface area contributed by atoms with E-state index >= 15 is 0 Å². The fraction of sp³-hybridized carbons (Fsp3) is 0.533. The summed E-state index contributed by atoms with van der Waals surface area (Å²) in [5.74, 6) is 0.462. The topological polar surface area (TPSA) is 55.1 Å². The zero-order chi connectivity index (χ0) is 15.2. The maximum atomic E-state index is 12.7. The number of amides is 1. The number of carbonyl (C=O) groups excluding carboxylic acids is 1. The maximum absolute atomic E-state index is 12.7. The van der Waals surface area contributed by atoms with Crippen molar-refractivity contribution in [1.82, 2.24) is 5.32 Å². The number of anilines is 1. The van der Waals surface area contributed by atoms with E-state index in [0.29, 0.717) is 11.8 Å².